The van der Waals surface area contributed by atoms with Crippen molar-refractivity contribution in [1.82, 2.24) is 10.3 Å². The van der Waals surface area contributed by atoms with E-state index in [1.54, 1.807) is 18.3 Å². The number of rotatable bonds is 5. The van der Waals surface area contributed by atoms with Gasteiger partial charge in [0.2, 0.25) is 0 Å². The van der Waals surface area contributed by atoms with Crippen LogP contribution in [0.5, 0.6) is 0 Å². The minimum absolute atomic E-state index is 0.242. The zero-order valence-corrected chi connectivity index (χ0v) is 12.8. The molecule has 1 atom stereocenters. The minimum atomic E-state index is -0.670. The Bertz CT molecular complexity index is 691. The fourth-order valence-corrected chi connectivity index (χ4v) is 1.89. The standard InChI is InChI=1S/C18H19N3O/c1-4-18(3,5-2)21-17(22)15-12-9-13-19-16(15)20-14-10-7-6-8-11-14/h1,6-13H,5H2,2-3H3,(H,19,20)(H,21,22)/t18-/m0/s1. The lowest BCUT2D eigenvalue weighted by Gasteiger charge is -2.24. The van der Waals surface area contributed by atoms with Gasteiger partial charge in [-0.05, 0) is 37.6 Å². The molecule has 4 nitrogen and oxygen atoms in total. The Morgan fingerprint density at radius 2 is 2.00 bits per heavy atom. The third kappa shape index (κ3) is 3.64. The molecule has 1 heterocycles. The van der Waals surface area contributed by atoms with Crippen LogP contribution in [0.15, 0.2) is 48.7 Å². The summed E-state index contributed by atoms with van der Waals surface area (Å²) < 4.78 is 0. The zero-order valence-electron chi connectivity index (χ0n) is 12.8. The van der Waals surface area contributed by atoms with E-state index < -0.39 is 5.54 Å². The molecule has 0 spiro atoms. The molecule has 0 fully saturated rings. The molecule has 0 bridgehead atoms. The van der Waals surface area contributed by atoms with Gasteiger partial charge in [0, 0.05) is 11.9 Å². The summed E-state index contributed by atoms with van der Waals surface area (Å²) in [6, 6.07) is 13.0. The number of para-hydroxylation sites is 1. The van der Waals surface area contributed by atoms with Crippen molar-refractivity contribution >= 4 is 17.4 Å². The average molecular weight is 293 g/mol. The molecule has 1 amide bonds. The Hall–Kier alpha value is -2.80. The second kappa shape index (κ2) is 6.77. The van der Waals surface area contributed by atoms with Gasteiger partial charge in [-0.1, -0.05) is 31.0 Å². The van der Waals surface area contributed by atoms with E-state index in [1.807, 2.05) is 44.2 Å². The summed E-state index contributed by atoms with van der Waals surface area (Å²) in [5.74, 6) is 2.88. The summed E-state index contributed by atoms with van der Waals surface area (Å²) in [6.07, 6.45) is 7.80. The Balaban J connectivity index is 2.25. The molecule has 0 aliphatic carbocycles. The first-order valence-corrected chi connectivity index (χ1v) is 7.15. The number of carbonyl (C=O) groups excluding carboxylic acids is 1. The molecular formula is C18H19N3O. The molecule has 1 aromatic carbocycles. The van der Waals surface area contributed by atoms with E-state index in [9.17, 15) is 4.79 Å². The molecule has 22 heavy (non-hydrogen) atoms. The SMILES string of the molecule is C#C[C@@](C)(CC)NC(=O)c1cccnc1Nc1ccccc1. The molecule has 4 heteroatoms. The van der Waals surface area contributed by atoms with Crippen molar-refractivity contribution < 1.29 is 4.79 Å². The van der Waals surface area contributed by atoms with E-state index in [-0.39, 0.29) is 5.91 Å². The smallest absolute Gasteiger partial charge is 0.256 e. The third-order valence-electron chi connectivity index (χ3n) is 3.50. The Morgan fingerprint density at radius 3 is 2.64 bits per heavy atom. The summed E-state index contributed by atoms with van der Waals surface area (Å²) >= 11 is 0. The van der Waals surface area contributed by atoms with Gasteiger partial charge in [-0.3, -0.25) is 4.79 Å². The molecule has 0 saturated carbocycles. The fourth-order valence-electron chi connectivity index (χ4n) is 1.89. The summed E-state index contributed by atoms with van der Waals surface area (Å²) in [5.41, 5.74) is 0.656. The maximum absolute atomic E-state index is 12.5. The molecule has 1 aromatic heterocycles. The van der Waals surface area contributed by atoms with Crippen molar-refractivity contribution in [2.24, 2.45) is 0 Å². The number of carbonyl (C=O) groups is 1. The van der Waals surface area contributed by atoms with E-state index in [0.717, 1.165) is 5.69 Å². The maximum Gasteiger partial charge on any atom is 0.256 e. The van der Waals surface area contributed by atoms with Crippen LogP contribution >= 0.6 is 0 Å². The average Bonchev–Trinajstić information content (AvgIpc) is 2.56. The molecule has 0 unspecified atom stereocenters. The summed E-state index contributed by atoms with van der Waals surface area (Å²) in [4.78, 5) is 16.8. The first kappa shape index (κ1) is 15.6. The van der Waals surface area contributed by atoms with Crippen LogP contribution in [0, 0.1) is 12.3 Å². The van der Waals surface area contributed by atoms with Crippen LogP contribution < -0.4 is 10.6 Å². The van der Waals surface area contributed by atoms with Crippen LogP contribution in [0.1, 0.15) is 30.6 Å². The van der Waals surface area contributed by atoms with E-state index in [1.165, 1.54) is 0 Å². The first-order chi connectivity index (χ1) is 10.6. The van der Waals surface area contributed by atoms with Gasteiger partial charge < -0.3 is 10.6 Å². The second-order valence-corrected chi connectivity index (χ2v) is 5.17. The van der Waals surface area contributed by atoms with E-state index >= 15 is 0 Å². The highest BCUT2D eigenvalue weighted by atomic mass is 16.1. The van der Waals surface area contributed by atoms with Gasteiger partial charge in [-0.2, -0.15) is 0 Å². The largest absolute Gasteiger partial charge is 0.340 e. The number of pyridine rings is 1. The van der Waals surface area contributed by atoms with Crippen LogP contribution in [0.25, 0.3) is 0 Å². The topological polar surface area (TPSA) is 54.0 Å². The highest BCUT2D eigenvalue weighted by molar-refractivity contribution is 5.99. The molecule has 2 aromatic rings. The second-order valence-electron chi connectivity index (χ2n) is 5.17. The highest BCUT2D eigenvalue weighted by Crippen LogP contribution is 2.19. The van der Waals surface area contributed by atoms with Crippen molar-refractivity contribution in [2.45, 2.75) is 25.8 Å². The summed E-state index contributed by atoms with van der Waals surface area (Å²) in [5, 5.41) is 6.03. The Morgan fingerprint density at radius 1 is 1.27 bits per heavy atom. The van der Waals surface area contributed by atoms with Gasteiger partial charge in [0.25, 0.3) is 5.91 Å². The molecule has 0 aliphatic rings. The fraction of sp³-hybridized carbons (Fsp3) is 0.222. The van der Waals surface area contributed by atoms with Gasteiger partial charge in [0.05, 0.1) is 11.1 Å². The van der Waals surface area contributed by atoms with Gasteiger partial charge in [0.15, 0.2) is 0 Å². The molecule has 2 N–H and O–H groups in total. The lowest BCUT2D eigenvalue weighted by Crippen LogP contribution is -2.44. The number of benzene rings is 1. The lowest BCUT2D eigenvalue weighted by atomic mass is 9.99. The van der Waals surface area contributed by atoms with Gasteiger partial charge >= 0.3 is 0 Å². The van der Waals surface area contributed by atoms with Crippen molar-refractivity contribution in [1.29, 1.82) is 0 Å². The number of aromatic nitrogens is 1. The van der Waals surface area contributed by atoms with Crippen LogP contribution in [-0.4, -0.2) is 16.4 Å². The molecule has 0 saturated heterocycles. The molecule has 0 radical (unpaired) electrons. The van der Waals surface area contributed by atoms with Gasteiger partial charge in [0.1, 0.15) is 5.82 Å². The molecular weight excluding hydrogens is 274 g/mol. The Labute approximate surface area is 131 Å². The minimum Gasteiger partial charge on any atom is -0.340 e. The van der Waals surface area contributed by atoms with E-state index in [0.29, 0.717) is 17.8 Å². The zero-order chi connectivity index (χ0) is 16.0. The van der Waals surface area contributed by atoms with E-state index in [2.05, 4.69) is 21.5 Å². The lowest BCUT2D eigenvalue weighted by molar-refractivity contribution is 0.0924. The Kier molecular flexibility index (Phi) is 4.80. The normalized spacial score (nSPS) is 12.8. The van der Waals surface area contributed by atoms with Crippen molar-refractivity contribution in [3.8, 4) is 12.3 Å². The molecule has 2 rings (SSSR count). The van der Waals surface area contributed by atoms with Crippen molar-refractivity contribution in [2.75, 3.05) is 5.32 Å². The van der Waals surface area contributed by atoms with Gasteiger partial charge in [-0.25, -0.2) is 4.98 Å². The highest BCUT2D eigenvalue weighted by Gasteiger charge is 2.23. The summed E-state index contributed by atoms with van der Waals surface area (Å²) in [6.45, 7) is 3.76. The number of nitrogens with one attached hydrogen (secondary N) is 2. The first-order valence-electron chi connectivity index (χ1n) is 7.15. The van der Waals surface area contributed by atoms with E-state index in [4.69, 9.17) is 6.42 Å². The number of hydrogen-bond acceptors (Lipinski definition) is 3. The number of amides is 1. The van der Waals surface area contributed by atoms with Crippen molar-refractivity contribution in [3.63, 3.8) is 0 Å². The van der Waals surface area contributed by atoms with Crippen LogP contribution in [0.2, 0.25) is 0 Å². The quantitative estimate of drug-likeness (QED) is 0.831. The van der Waals surface area contributed by atoms with Gasteiger partial charge in [-0.15, -0.1) is 6.42 Å². The van der Waals surface area contributed by atoms with Crippen LogP contribution in [0.4, 0.5) is 11.5 Å². The maximum atomic E-state index is 12.5. The number of hydrogen-bond donors (Lipinski definition) is 2. The number of anilines is 2. The summed E-state index contributed by atoms with van der Waals surface area (Å²) in [7, 11) is 0. The number of terminal acetylenes is 1. The monoisotopic (exact) mass is 293 g/mol. The molecule has 112 valence electrons. The molecule has 0 aliphatic heterocycles. The third-order valence-corrected chi connectivity index (χ3v) is 3.50. The predicted octanol–water partition coefficient (Wildman–Crippen LogP) is 3.36. The van der Waals surface area contributed by atoms with Crippen LogP contribution in [-0.2, 0) is 0 Å². The van der Waals surface area contributed by atoms with Crippen molar-refractivity contribution in [3.05, 3.63) is 54.2 Å². The predicted molar refractivity (Wildman–Crippen MR) is 89.0 cm³/mol. The van der Waals surface area contributed by atoms with Crippen LogP contribution in [0.3, 0.4) is 0 Å². The number of nitrogens with zero attached hydrogens (tertiary/aromatic N) is 1.